The van der Waals surface area contributed by atoms with Crippen LogP contribution in [0.4, 0.5) is 4.79 Å². The van der Waals surface area contributed by atoms with Gasteiger partial charge >= 0.3 is 18.0 Å². The van der Waals surface area contributed by atoms with Gasteiger partial charge < -0.3 is 19.0 Å². The number of carbonyl (C=O) groups is 3. The molecule has 3 aromatic rings. The van der Waals surface area contributed by atoms with Crippen molar-refractivity contribution in [1.82, 2.24) is 9.88 Å². The van der Waals surface area contributed by atoms with Gasteiger partial charge in [-0.05, 0) is 73.5 Å². The molecule has 0 radical (unpaired) electrons. The van der Waals surface area contributed by atoms with Crippen molar-refractivity contribution in [3.8, 4) is 11.1 Å². The van der Waals surface area contributed by atoms with E-state index in [1.165, 1.54) is 21.6 Å². The number of carbonyl (C=O) groups excluding carboxylic acids is 2. The summed E-state index contributed by atoms with van der Waals surface area (Å²) in [4.78, 5) is 45.2. The highest BCUT2D eigenvalue weighted by molar-refractivity contribution is 7.09. The van der Waals surface area contributed by atoms with E-state index < -0.39 is 44.1 Å². The minimum absolute atomic E-state index is 0.0383. The fourth-order valence-corrected chi connectivity index (χ4v) is 10.3. The Kier molecular flexibility index (Phi) is 12.3. The van der Waals surface area contributed by atoms with Crippen LogP contribution in [0.3, 0.4) is 0 Å². The Bertz CT molecular complexity index is 1530. The van der Waals surface area contributed by atoms with Crippen molar-refractivity contribution in [3.63, 3.8) is 0 Å². The smallest absolute Gasteiger partial charge is 0.410 e. The lowest BCUT2D eigenvalue weighted by Gasteiger charge is -2.38. The van der Waals surface area contributed by atoms with Gasteiger partial charge in [0.25, 0.3) is 0 Å². The Labute approximate surface area is 289 Å². The van der Waals surface area contributed by atoms with E-state index >= 15 is 0 Å². The predicted molar refractivity (Wildman–Crippen MR) is 191 cm³/mol. The molecule has 11 heteroatoms. The summed E-state index contributed by atoms with van der Waals surface area (Å²) >= 11 is 1.25. The lowest BCUT2D eigenvalue weighted by Crippen LogP contribution is -2.49. The number of hydrogen-bond acceptors (Lipinski definition) is 8. The normalized spacial score (nSPS) is 14.3. The van der Waals surface area contributed by atoms with E-state index in [9.17, 15) is 19.5 Å². The zero-order valence-corrected chi connectivity index (χ0v) is 31.3. The number of nitrogens with zero attached hydrogens (tertiary/aromatic N) is 2. The van der Waals surface area contributed by atoms with Crippen molar-refractivity contribution in [2.24, 2.45) is 5.92 Å². The van der Waals surface area contributed by atoms with Gasteiger partial charge in [0.05, 0.1) is 6.10 Å². The number of rotatable bonds is 15. The zero-order chi connectivity index (χ0) is 35.2. The molecule has 0 fully saturated rings. The quantitative estimate of drug-likeness (QED) is 0.124. The lowest BCUT2D eigenvalue weighted by atomic mass is 9.96. The molecular formula is C37H50N2O7SSi. The standard InChI is InChI=1S/C37H50N2O7SSi/c1-9-48(10-2,11-3)46-32(34-38-30(23-47-34)35(41)42)20-31(24(4)5)39(21-33(40)45-37(6,7)8)36(43)44-22-29-27-18-14-12-16-25(27)26-17-13-15-19-28(26)29/h12-19,23-24,29,31-32H,9-11,20-22H2,1-8H3,(H,41,42)/t31-,32-/m1/s1. The maximum Gasteiger partial charge on any atom is 0.410 e. The summed E-state index contributed by atoms with van der Waals surface area (Å²) in [5.74, 6) is -1.90. The van der Waals surface area contributed by atoms with Gasteiger partial charge in [-0.1, -0.05) is 83.1 Å². The summed E-state index contributed by atoms with van der Waals surface area (Å²) in [5.41, 5.74) is 3.66. The first kappa shape index (κ1) is 37.3. The molecule has 1 amide bonds. The Morgan fingerprint density at radius 1 is 0.958 bits per heavy atom. The molecule has 2 atom stereocenters. The monoisotopic (exact) mass is 694 g/mol. The Balaban J connectivity index is 1.68. The summed E-state index contributed by atoms with van der Waals surface area (Å²) in [6, 6.07) is 18.4. The highest BCUT2D eigenvalue weighted by atomic mass is 32.1. The molecule has 9 nitrogen and oxygen atoms in total. The number of ether oxygens (including phenoxy) is 2. The van der Waals surface area contributed by atoms with Crippen LogP contribution in [-0.4, -0.2) is 66.1 Å². The zero-order valence-electron chi connectivity index (χ0n) is 29.4. The average molecular weight is 695 g/mol. The molecule has 1 N–H and O–H groups in total. The van der Waals surface area contributed by atoms with Crippen LogP contribution >= 0.6 is 11.3 Å². The number of benzene rings is 2. The maximum absolute atomic E-state index is 14.2. The SMILES string of the molecule is CC[Si](CC)(CC)O[C@H](C[C@H](C(C)C)N(CC(=O)OC(C)(C)C)C(=O)OCC1c2ccccc2-c2ccccc21)c1nc(C(=O)O)cs1. The van der Waals surface area contributed by atoms with Gasteiger partial charge in [-0.2, -0.15) is 0 Å². The molecule has 260 valence electrons. The molecule has 0 aliphatic heterocycles. The van der Waals surface area contributed by atoms with E-state index in [0.717, 1.165) is 40.4 Å². The van der Waals surface area contributed by atoms with Crippen LogP contribution in [0.2, 0.25) is 18.1 Å². The number of fused-ring (bicyclic) bond motifs is 3. The van der Waals surface area contributed by atoms with Gasteiger partial charge in [0.1, 0.15) is 23.8 Å². The summed E-state index contributed by atoms with van der Waals surface area (Å²) in [7, 11) is -2.22. The highest BCUT2D eigenvalue weighted by Gasteiger charge is 2.39. The van der Waals surface area contributed by atoms with E-state index in [4.69, 9.17) is 13.9 Å². The minimum Gasteiger partial charge on any atom is -0.476 e. The van der Waals surface area contributed by atoms with Crippen LogP contribution < -0.4 is 0 Å². The summed E-state index contributed by atoms with van der Waals surface area (Å²) in [6.07, 6.45) is -0.869. The highest BCUT2D eigenvalue weighted by Crippen LogP contribution is 2.45. The van der Waals surface area contributed by atoms with E-state index in [0.29, 0.717) is 11.4 Å². The van der Waals surface area contributed by atoms with E-state index in [1.54, 1.807) is 20.8 Å². The topological polar surface area (TPSA) is 115 Å². The van der Waals surface area contributed by atoms with Gasteiger partial charge in [0.2, 0.25) is 0 Å². The number of amides is 1. The van der Waals surface area contributed by atoms with Crippen molar-refractivity contribution < 1.29 is 33.4 Å². The van der Waals surface area contributed by atoms with Crippen LogP contribution in [0.25, 0.3) is 11.1 Å². The van der Waals surface area contributed by atoms with E-state index in [-0.39, 0.29) is 30.7 Å². The fourth-order valence-electron chi connectivity index (χ4n) is 6.52. The van der Waals surface area contributed by atoms with Crippen molar-refractivity contribution >= 4 is 37.7 Å². The number of hydrogen-bond donors (Lipinski definition) is 1. The number of esters is 1. The molecule has 4 rings (SSSR count). The number of carboxylic acids is 1. The molecule has 48 heavy (non-hydrogen) atoms. The third-order valence-electron chi connectivity index (χ3n) is 9.26. The summed E-state index contributed by atoms with van der Waals surface area (Å²) < 4.78 is 18.8. The number of carboxylic acid groups (broad SMARTS) is 1. The van der Waals surface area contributed by atoms with Crippen molar-refractivity contribution in [1.29, 1.82) is 0 Å². The number of thiazole rings is 1. The predicted octanol–water partition coefficient (Wildman–Crippen LogP) is 8.91. The third kappa shape index (κ3) is 8.72. The largest absolute Gasteiger partial charge is 0.476 e. The molecule has 2 aromatic carbocycles. The Morgan fingerprint density at radius 3 is 2.00 bits per heavy atom. The molecule has 1 aliphatic rings. The molecule has 0 bridgehead atoms. The van der Waals surface area contributed by atoms with Gasteiger partial charge in [-0.3, -0.25) is 9.69 Å². The van der Waals surface area contributed by atoms with Crippen LogP contribution in [0.1, 0.15) is 100 Å². The summed E-state index contributed by atoms with van der Waals surface area (Å²) in [5, 5.41) is 11.7. The lowest BCUT2D eigenvalue weighted by molar-refractivity contribution is -0.156. The first-order chi connectivity index (χ1) is 22.7. The minimum atomic E-state index is -2.22. The first-order valence-corrected chi connectivity index (χ1v) is 20.3. The number of aromatic carboxylic acids is 1. The molecule has 0 unspecified atom stereocenters. The Hall–Kier alpha value is -3.54. The second-order valence-electron chi connectivity index (χ2n) is 13.8. The van der Waals surface area contributed by atoms with Gasteiger partial charge in [0, 0.05) is 17.3 Å². The van der Waals surface area contributed by atoms with Crippen molar-refractivity contribution in [3.05, 3.63) is 75.7 Å². The maximum atomic E-state index is 14.2. The second-order valence-corrected chi connectivity index (χ2v) is 19.4. The van der Waals surface area contributed by atoms with Crippen molar-refractivity contribution in [2.45, 2.75) is 104 Å². The van der Waals surface area contributed by atoms with Crippen LogP contribution in [0.5, 0.6) is 0 Å². The van der Waals surface area contributed by atoms with E-state index in [1.807, 2.05) is 38.1 Å². The third-order valence-corrected chi connectivity index (χ3v) is 14.8. The van der Waals surface area contributed by atoms with Crippen molar-refractivity contribution in [2.75, 3.05) is 13.2 Å². The molecule has 1 aliphatic carbocycles. The first-order valence-electron chi connectivity index (χ1n) is 16.9. The molecular weight excluding hydrogens is 645 g/mol. The van der Waals surface area contributed by atoms with Crippen LogP contribution in [0, 0.1) is 5.92 Å². The molecule has 1 heterocycles. The van der Waals surface area contributed by atoms with Crippen LogP contribution in [-0.2, 0) is 18.7 Å². The van der Waals surface area contributed by atoms with Gasteiger partial charge in [-0.15, -0.1) is 11.3 Å². The number of aromatic nitrogens is 1. The van der Waals surface area contributed by atoms with Crippen LogP contribution in [0.15, 0.2) is 53.9 Å². The Morgan fingerprint density at radius 2 is 1.52 bits per heavy atom. The fraction of sp³-hybridized carbons (Fsp3) is 0.514. The average Bonchev–Trinajstić information content (AvgIpc) is 3.66. The molecule has 1 aromatic heterocycles. The van der Waals surface area contributed by atoms with E-state index in [2.05, 4.69) is 50.0 Å². The molecule has 0 spiro atoms. The van der Waals surface area contributed by atoms with Gasteiger partial charge in [-0.25, -0.2) is 14.6 Å². The summed E-state index contributed by atoms with van der Waals surface area (Å²) in [6.45, 7) is 15.6. The second kappa shape index (κ2) is 15.8. The molecule has 0 saturated heterocycles. The van der Waals surface area contributed by atoms with Gasteiger partial charge in [0.15, 0.2) is 14.0 Å². The molecule has 0 saturated carbocycles.